The Labute approximate surface area is 93.2 Å². The molecule has 1 aliphatic rings. The first-order valence-corrected chi connectivity index (χ1v) is 6.21. The van der Waals surface area contributed by atoms with Gasteiger partial charge in [0.2, 0.25) is 5.91 Å². The lowest BCUT2D eigenvalue weighted by Crippen LogP contribution is -2.46. The molecule has 1 N–H and O–H groups in total. The Balaban J connectivity index is 2.26. The molecule has 0 aromatic carbocycles. The van der Waals surface area contributed by atoms with E-state index in [1.807, 2.05) is 11.8 Å². The highest BCUT2D eigenvalue weighted by Gasteiger charge is 2.21. The predicted octanol–water partition coefficient (Wildman–Crippen LogP) is 1.78. The number of carbonyl (C=O) groups excluding carboxylic acids is 1. The van der Waals surface area contributed by atoms with Crippen LogP contribution in [0.1, 0.15) is 46.5 Å². The molecule has 0 aliphatic carbocycles. The highest BCUT2D eigenvalue weighted by atomic mass is 16.2. The first kappa shape index (κ1) is 12.5. The monoisotopic (exact) mass is 212 g/mol. The molecule has 3 heteroatoms. The van der Waals surface area contributed by atoms with E-state index in [2.05, 4.69) is 19.2 Å². The minimum Gasteiger partial charge on any atom is -0.343 e. The fourth-order valence-corrected chi connectivity index (χ4v) is 2.04. The standard InChI is InChI=1S/C12H24N2O/c1-4-10(3)13-11-6-8-14(9-7-11)12(15)5-2/h10-11,13H,4-9H2,1-3H3. The average Bonchev–Trinajstić information content (AvgIpc) is 2.29. The van der Waals surface area contributed by atoms with Crippen LogP contribution in [0.2, 0.25) is 0 Å². The molecule has 3 nitrogen and oxygen atoms in total. The molecule has 1 rings (SSSR count). The molecule has 0 aromatic rings. The van der Waals surface area contributed by atoms with Crippen molar-refractivity contribution in [2.75, 3.05) is 13.1 Å². The Morgan fingerprint density at radius 3 is 2.47 bits per heavy atom. The van der Waals surface area contributed by atoms with Crippen molar-refractivity contribution in [1.82, 2.24) is 10.2 Å². The predicted molar refractivity (Wildman–Crippen MR) is 62.8 cm³/mol. The first-order chi connectivity index (χ1) is 7.17. The van der Waals surface area contributed by atoms with Crippen molar-refractivity contribution < 1.29 is 4.79 Å². The molecule has 0 radical (unpaired) electrons. The average molecular weight is 212 g/mol. The van der Waals surface area contributed by atoms with Crippen LogP contribution in [0.15, 0.2) is 0 Å². The molecule has 1 aliphatic heterocycles. The lowest BCUT2D eigenvalue weighted by atomic mass is 10.0. The molecule has 1 amide bonds. The maximum Gasteiger partial charge on any atom is 0.222 e. The quantitative estimate of drug-likeness (QED) is 0.770. The highest BCUT2D eigenvalue weighted by Crippen LogP contribution is 2.12. The van der Waals surface area contributed by atoms with Crippen LogP contribution in [0, 0.1) is 0 Å². The van der Waals surface area contributed by atoms with Gasteiger partial charge in [-0.25, -0.2) is 0 Å². The molecule has 1 unspecified atom stereocenters. The van der Waals surface area contributed by atoms with Gasteiger partial charge in [-0.3, -0.25) is 4.79 Å². The zero-order chi connectivity index (χ0) is 11.3. The van der Waals surface area contributed by atoms with Crippen molar-refractivity contribution in [3.63, 3.8) is 0 Å². The summed E-state index contributed by atoms with van der Waals surface area (Å²) >= 11 is 0. The molecule has 1 heterocycles. The van der Waals surface area contributed by atoms with Crippen LogP contribution in [-0.4, -0.2) is 36.0 Å². The van der Waals surface area contributed by atoms with Crippen LogP contribution in [0.5, 0.6) is 0 Å². The summed E-state index contributed by atoms with van der Waals surface area (Å²) in [5.74, 6) is 0.303. The Morgan fingerprint density at radius 1 is 1.40 bits per heavy atom. The van der Waals surface area contributed by atoms with Gasteiger partial charge in [0, 0.05) is 31.6 Å². The summed E-state index contributed by atoms with van der Waals surface area (Å²) in [6.45, 7) is 8.23. The van der Waals surface area contributed by atoms with Gasteiger partial charge < -0.3 is 10.2 Å². The second kappa shape index (κ2) is 6.11. The van der Waals surface area contributed by atoms with Crippen LogP contribution >= 0.6 is 0 Å². The number of nitrogens with one attached hydrogen (secondary N) is 1. The summed E-state index contributed by atoms with van der Waals surface area (Å²) in [4.78, 5) is 13.5. The van der Waals surface area contributed by atoms with Gasteiger partial charge in [-0.1, -0.05) is 13.8 Å². The molecule has 88 valence electrons. The van der Waals surface area contributed by atoms with E-state index < -0.39 is 0 Å². The summed E-state index contributed by atoms with van der Waals surface area (Å²) in [5, 5.41) is 3.61. The van der Waals surface area contributed by atoms with Crippen LogP contribution in [0.4, 0.5) is 0 Å². The van der Waals surface area contributed by atoms with Crippen LogP contribution < -0.4 is 5.32 Å². The zero-order valence-electron chi connectivity index (χ0n) is 10.3. The molecule has 0 aromatic heterocycles. The molecule has 0 bridgehead atoms. The van der Waals surface area contributed by atoms with E-state index >= 15 is 0 Å². The Hall–Kier alpha value is -0.570. The van der Waals surface area contributed by atoms with E-state index in [0.717, 1.165) is 25.9 Å². The number of nitrogens with zero attached hydrogens (tertiary/aromatic N) is 1. The summed E-state index contributed by atoms with van der Waals surface area (Å²) in [7, 11) is 0. The maximum atomic E-state index is 11.5. The Kier molecular flexibility index (Phi) is 5.09. The van der Waals surface area contributed by atoms with E-state index in [-0.39, 0.29) is 0 Å². The van der Waals surface area contributed by atoms with E-state index in [0.29, 0.717) is 24.4 Å². The second-order valence-corrected chi connectivity index (χ2v) is 4.48. The van der Waals surface area contributed by atoms with E-state index in [1.54, 1.807) is 0 Å². The van der Waals surface area contributed by atoms with Gasteiger partial charge >= 0.3 is 0 Å². The van der Waals surface area contributed by atoms with Gasteiger partial charge in [0.25, 0.3) is 0 Å². The number of amides is 1. The summed E-state index contributed by atoms with van der Waals surface area (Å²) in [6.07, 6.45) is 4.03. The molecule has 1 saturated heterocycles. The maximum absolute atomic E-state index is 11.5. The summed E-state index contributed by atoms with van der Waals surface area (Å²) in [6, 6.07) is 1.21. The van der Waals surface area contributed by atoms with Gasteiger partial charge in [-0.2, -0.15) is 0 Å². The molecule has 15 heavy (non-hydrogen) atoms. The lowest BCUT2D eigenvalue weighted by molar-refractivity contribution is -0.131. The number of rotatable bonds is 4. The number of hydrogen-bond donors (Lipinski definition) is 1. The SMILES string of the molecule is CCC(=O)N1CCC(NC(C)CC)CC1. The topological polar surface area (TPSA) is 32.3 Å². The van der Waals surface area contributed by atoms with Crippen molar-refractivity contribution in [1.29, 1.82) is 0 Å². The third-order valence-corrected chi connectivity index (χ3v) is 3.28. The number of hydrogen-bond acceptors (Lipinski definition) is 2. The normalized spacial score (nSPS) is 20.3. The highest BCUT2D eigenvalue weighted by molar-refractivity contribution is 5.75. The molecule has 1 atom stereocenters. The zero-order valence-corrected chi connectivity index (χ0v) is 10.3. The molecule has 1 fully saturated rings. The van der Waals surface area contributed by atoms with Gasteiger partial charge in [0.05, 0.1) is 0 Å². The summed E-state index contributed by atoms with van der Waals surface area (Å²) in [5.41, 5.74) is 0. The van der Waals surface area contributed by atoms with Crippen molar-refractivity contribution in [3.05, 3.63) is 0 Å². The molecular formula is C12H24N2O. The van der Waals surface area contributed by atoms with Crippen molar-refractivity contribution in [2.45, 2.75) is 58.5 Å². The largest absolute Gasteiger partial charge is 0.343 e. The van der Waals surface area contributed by atoms with Gasteiger partial charge in [-0.15, -0.1) is 0 Å². The fraction of sp³-hybridized carbons (Fsp3) is 0.917. The first-order valence-electron chi connectivity index (χ1n) is 6.21. The summed E-state index contributed by atoms with van der Waals surface area (Å²) < 4.78 is 0. The fourth-order valence-electron chi connectivity index (χ4n) is 2.04. The van der Waals surface area contributed by atoms with Gasteiger partial charge in [0.15, 0.2) is 0 Å². The lowest BCUT2D eigenvalue weighted by Gasteiger charge is -2.33. The Bertz CT molecular complexity index is 198. The van der Waals surface area contributed by atoms with Crippen molar-refractivity contribution in [2.24, 2.45) is 0 Å². The third kappa shape index (κ3) is 3.82. The van der Waals surface area contributed by atoms with Gasteiger partial charge in [-0.05, 0) is 26.2 Å². The Morgan fingerprint density at radius 2 is 2.00 bits per heavy atom. The number of likely N-dealkylation sites (tertiary alicyclic amines) is 1. The molecule has 0 spiro atoms. The minimum absolute atomic E-state index is 0.303. The number of piperidine rings is 1. The third-order valence-electron chi connectivity index (χ3n) is 3.28. The van der Waals surface area contributed by atoms with E-state index in [4.69, 9.17) is 0 Å². The van der Waals surface area contributed by atoms with Crippen LogP contribution in [0.3, 0.4) is 0 Å². The van der Waals surface area contributed by atoms with Gasteiger partial charge in [0.1, 0.15) is 0 Å². The van der Waals surface area contributed by atoms with Crippen molar-refractivity contribution >= 4 is 5.91 Å². The molecular weight excluding hydrogens is 188 g/mol. The van der Waals surface area contributed by atoms with Crippen LogP contribution in [0.25, 0.3) is 0 Å². The minimum atomic E-state index is 0.303. The smallest absolute Gasteiger partial charge is 0.222 e. The van der Waals surface area contributed by atoms with E-state index in [1.165, 1.54) is 6.42 Å². The van der Waals surface area contributed by atoms with Crippen LogP contribution in [-0.2, 0) is 4.79 Å². The second-order valence-electron chi connectivity index (χ2n) is 4.48. The van der Waals surface area contributed by atoms with E-state index in [9.17, 15) is 4.79 Å². The number of carbonyl (C=O) groups is 1. The van der Waals surface area contributed by atoms with Crippen molar-refractivity contribution in [3.8, 4) is 0 Å². The molecule has 0 saturated carbocycles.